The second kappa shape index (κ2) is 10.1. The van der Waals surface area contributed by atoms with E-state index in [4.69, 9.17) is 0 Å². The van der Waals surface area contributed by atoms with Crippen molar-refractivity contribution in [3.05, 3.63) is 0 Å². The minimum absolute atomic E-state index is 0.483. The Morgan fingerprint density at radius 3 is 1.69 bits per heavy atom. The molecule has 0 saturated carbocycles. The van der Waals surface area contributed by atoms with Gasteiger partial charge in [-0.1, -0.05) is 46.5 Å². The molecule has 2 N–H and O–H groups in total. The fourth-order valence-electron chi connectivity index (χ4n) is 1.89. The third-order valence-corrected chi connectivity index (χ3v) is 2.88. The highest BCUT2D eigenvalue weighted by atomic mass is 16.3. The summed E-state index contributed by atoms with van der Waals surface area (Å²) in [6, 6.07) is 0. The van der Waals surface area contributed by atoms with Crippen molar-refractivity contribution in [2.24, 2.45) is 0 Å². The summed E-state index contributed by atoms with van der Waals surface area (Å²) in [4.78, 5) is 1.85. The lowest BCUT2D eigenvalue weighted by atomic mass is 10.2. The molecule has 0 radical (unpaired) electrons. The van der Waals surface area contributed by atoms with Gasteiger partial charge >= 0.3 is 0 Å². The molecule has 0 aliphatic heterocycles. The van der Waals surface area contributed by atoms with Gasteiger partial charge in [0.2, 0.25) is 0 Å². The lowest BCUT2D eigenvalue weighted by molar-refractivity contribution is -0.108. The Morgan fingerprint density at radius 1 is 0.812 bits per heavy atom. The topological polar surface area (TPSA) is 43.7 Å². The van der Waals surface area contributed by atoms with Gasteiger partial charge in [0.25, 0.3) is 0 Å². The van der Waals surface area contributed by atoms with Crippen LogP contribution in [0.1, 0.15) is 65.7 Å². The molecule has 0 bridgehead atoms. The first-order chi connectivity index (χ1) is 7.67. The molecular weight excluding hydrogens is 202 g/mol. The highest BCUT2D eigenvalue weighted by molar-refractivity contribution is 4.65. The van der Waals surface area contributed by atoms with Crippen molar-refractivity contribution in [2.45, 2.75) is 78.2 Å². The van der Waals surface area contributed by atoms with Crippen LogP contribution in [0.3, 0.4) is 0 Å². The van der Waals surface area contributed by atoms with Crippen molar-refractivity contribution < 1.29 is 10.2 Å². The maximum Gasteiger partial charge on any atom is 0.109 e. The summed E-state index contributed by atoms with van der Waals surface area (Å²) in [6.07, 6.45) is 5.80. The second-order valence-electron chi connectivity index (χ2n) is 4.48. The molecule has 16 heavy (non-hydrogen) atoms. The Bertz CT molecular complexity index is 141. The predicted octanol–water partition coefficient (Wildman–Crippen LogP) is 2.72. The van der Waals surface area contributed by atoms with E-state index in [1.165, 1.54) is 6.42 Å². The minimum atomic E-state index is -0.483. The average molecular weight is 231 g/mol. The van der Waals surface area contributed by atoms with Gasteiger partial charge in [0.1, 0.15) is 12.5 Å². The van der Waals surface area contributed by atoms with Crippen molar-refractivity contribution >= 4 is 0 Å². The fraction of sp³-hybridized carbons (Fsp3) is 1.00. The SMILES string of the molecule is CCCCCN(C(O)CCC)C(O)CCC. The van der Waals surface area contributed by atoms with Crippen LogP contribution in [-0.2, 0) is 0 Å². The minimum Gasteiger partial charge on any atom is -0.378 e. The molecule has 0 aliphatic rings. The quantitative estimate of drug-likeness (QED) is 0.449. The van der Waals surface area contributed by atoms with Gasteiger partial charge in [0.15, 0.2) is 0 Å². The Hall–Kier alpha value is -0.120. The van der Waals surface area contributed by atoms with Crippen molar-refractivity contribution in [1.82, 2.24) is 4.90 Å². The first-order valence-electron chi connectivity index (χ1n) is 6.79. The molecule has 0 fully saturated rings. The van der Waals surface area contributed by atoms with E-state index in [0.29, 0.717) is 0 Å². The summed E-state index contributed by atoms with van der Waals surface area (Å²) in [7, 11) is 0. The zero-order chi connectivity index (χ0) is 12.4. The first kappa shape index (κ1) is 15.9. The summed E-state index contributed by atoms with van der Waals surface area (Å²) < 4.78 is 0. The largest absolute Gasteiger partial charge is 0.378 e. The monoisotopic (exact) mass is 231 g/mol. The maximum atomic E-state index is 9.97. The summed E-state index contributed by atoms with van der Waals surface area (Å²) in [5.74, 6) is 0. The molecule has 98 valence electrons. The molecule has 0 aromatic heterocycles. The number of aliphatic hydroxyl groups excluding tert-OH is 2. The number of nitrogens with zero attached hydrogens (tertiary/aromatic N) is 1. The van der Waals surface area contributed by atoms with Crippen molar-refractivity contribution in [2.75, 3.05) is 6.54 Å². The normalized spacial score (nSPS) is 15.4. The Labute approximate surface area is 100 Å². The summed E-state index contributed by atoms with van der Waals surface area (Å²) in [5, 5.41) is 19.9. The molecule has 3 nitrogen and oxygen atoms in total. The highest BCUT2D eigenvalue weighted by Gasteiger charge is 2.21. The van der Waals surface area contributed by atoms with Crippen LogP contribution in [0.5, 0.6) is 0 Å². The van der Waals surface area contributed by atoms with Gasteiger partial charge in [-0.3, -0.25) is 4.90 Å². The van der Waals surface area contributed by atoms with E-state index in [9.17, 15) is 10.2 Å². The summed E-state index contributed by atoms with van der Waals surface area (Å²) in [5.41, 5.74) is 0. The molecule has 0 rings (SSSR count). The van der Waals surface area contributed by atoms with Gasteiger partial charge in [-0.15, -0.1) is 0 Å². The van der Waals surface area contributed by atoms with Crippen LogP contribution in [-0.4, -0.2) is 34.1 Å². The lowest BCUT2D eigenvalue weighted by Gasteiger charge is -2.32. The molecule has 0 saturated heterocycles. The molecule has 3 heteroatoms. The number of aliphatic hydroxyl groups is 2. The van der Waals surface area contributed by atoms with Gasteiger partial charge < -0.3 is 10.2 Å². The zero-order valence-corrected chi connectivity index (χ0v) is 11.2. The van der Waals surface area contributed by atoms with E-state index >= 15 is 0 Å². The van der Waals surface area contributed by atoms with Crippen LogP contribution in [0.25, 0.3) is 0 Å². The van der Waals surface area contributed by atoms with Gasteiger partial charge in [0, 0.05) is 6.54 Å². The van der Waals surface area contributed by atoms with E-state index in [0.717, 1.165) is 45.1 Å². The second-order valence-corrected chi connectivity index (χ2v) is 4.48. The molecule has 0 aromatic carbocycles. The molecular formula is C13H29NO2. The molecule has 0 aromatic rings. The van der Waals surface area contributed by atoms with Gasteiger partial charge in [-0.2, -0.15) is 0 Å². The number of hydrogen-bond donors (Lipinski definition) is 2. The fourth-order valence-corrected chi connectivity index (χ4v) is 1.89. The van der Waals surface area contributed by atoms with E-state index in [-0.39, 0.29) is 0 Å². The van der Waals surface area contributed by atoms with E-state index < -0.39 is 12.5 Å². The third-order valence-electron chi connectivity index (χ3n) is 2.88. The Balaban J connectivity index is 4.13. The maximum absolute atomic E-state index is 9.97. The van der Waals surface area contributed by atoms with Crippen molar-refractivity contribution in [3.63, 3.8) is 0 Å². The number of rotatable bonds is 10. The lowest BCUT2D eigenvalue weighted by Crippen LogP contribution is -2.43. The van der Waals surface area contributed by atoms with Gasteiger partial charge in [-0.25, -0.2) is 0 Å². The predicted molar refractivity (Wildman–Crippen MR) is 68.1 cm³/mol. The molecule has 0 heterocycles. The van der Waals surface area contributed by atoms with Crippen LogP contribution < -0.4 is 0 Å². The van der Waals surface area contributed by atoms with Gasteiger partial charge in [0.05, 0.1) is 0 Å². The zero-order valence-electron chi connectivity index (χ0n) is 11.2. The van der Waals surface area contributed by atoms with Crippen LogP contribution in [0, 0.1) is 0 Å². The highest BCUT2D eigenvalue weighted by Crippen LogP contribution is 2.13. The summed E-state index contributed by atoms with van der Waals surface area (Å²) in [6.45, 7) is 7.07. The smallest absolute Gasteiger partial charge is 0.109 e. The van der Waals surface area contributed by atoms with E-state index in [1.807, 2.05) is 4.90 Å². The van der Waals surface area contributed by atoms with Crippen molar-refractivity contribution in [3.8, 4) is 0 Å². The molecule has 2 unspecified atom stereocenters. The third kappa shape index (κ3) is 6.46. The molecule has 0 spiro atoms. The number of hydrogen-bond acceptors (Lipinski definition) is 3. The van der Waals surface area contributed by atoms with Gasteiger partial charge in [-0.05, 0) is 19.3 Å². The van der Waals surface area contributed by atoms with Crippen LogP contribution in [0.4, 0.5) is 0 Å². The molecule has 0 amide bonds. The van der Waals surface area contributed by atoms with Crippen LogP contribution in [0.2, 0.25) is 0 Å². The van der Waals surface area contributed by atoms with Crippen LogP contribution >= 0.6 is 0 Å². The van der Waals surface area contributed by atoms with E-state index in [2.05, 4.69) is 20.8 Å². The first-order valence-corrected chi connectivity index (χ1v) is 6.79. The van der Waals surface area contributed by atoms with Crippen molar-refractivity contribution in [1.29, 1.82) is 0 Å². The summed E-state index contributed by atoms with van der Waals surface area (Å²) >= 11 is 0. The Morgan fingerprint density at radius 2 is 1.31 bits per heavy atom. The average Bonchev–Trinajstić information content (AvgIpc) is 2.25. The van der Waals surface area contributed by atoms with E-state index in [1.54, 1.807) is 0 Å². The number of unbranched alkanes of at least 4 members (excludes halogenated alkanes) is 2. The Kier molecular flexibility index (Phi) is 9.99. The standard InChI is InChI=1S/C13H29NO2/c1-4-7-8-11-14(12(15)9-5-2)13(16)10-6-3/h12-13,15-16H,4-11H2,1-3H3. The molecule has 2 atom stereocenters. The van der Waals surface area contributed by atoms with Crippen LogP contribution in [0.15, 0.2) is 0 Å². The molecule has 0 aliphatic carbocycles.